The minimum atomic E-state index is -1.82. The van der Waals surface area contributed by atoms with Crippen LogP contribution in [0.1, 0.15) is 5.56 Å². The quantitative estimate of drug-likeness (QED) is 0.177. The van der Waals surface area contributed by atoms with Crippen molar-refractivity contribution in [3.63, 3.8) is 0 Å². The number of carboxylic acids is 1. The lowest BCUT2D eigenvalue weighted by molar-refractivity contribution is -0.385. The molecular weight excluding hydrogens is 354 g/mol. The first-order chi connectivity index (χ1) is 12.3. The topological polar surface area (TPSA) is 180 Å². The molecule has 0 radical (unpaired) electrons. The predicted molar refractivity (Wildman–Crippen MR) is 83.6 cm³/mol. The monoisotopic (exact) mass is 371 g/mol. The second-order valence-electron chi connectivity index (χ2n) is 5.44. The van der Waals surface area contributed by atoms with Gasteiger partial charge in [0.15, 0.2) is 0 Å². The Morgan fingerprint density at radius 1 is 1.23 bits per heavy atom. The van der Waals surface area contributed by atoms with E-state index in [0.29, 0.717) is 0 Å². The van der Waals surface area contributed by atoms with Gasteiger partial charge in [0.1, 0.15) is 24.4 Å². The predicted octanol–water partition coefficient (Wildman–Crippen LogP) is -1.16. The molecule has 0 amide bonds. The van der Waals surface area contributed by atoms with Crippen LogP contribution in [-0.4, -0.2) is 73.7 Å². The normalized spacial score (nSPS) is 29.2. The van der Waals surface area contributed by atoms with Crippen molar-refractivity contribution in [3.05, 3.63) is 45.7 Å². The van der Waals surface area contributed by atoms with Crippen LogP contribution in [-0.2, 0) is 14.3 Å². The molecule has 1 aromatic rings. The molecule has 1 unspecified atom stereocenters. The Morgan fingerprint density at radius 3 is 2.46 bits per heavy atom. The Labute approximate surface area is 146 Å². The Hall–Kier alpha value is -2.57. The van der Waals surface area contributed by atoms with Gasteiger partial charge < -0.3 is 35.0 Å². The number of nitro benzene ring substituents is 1. The van der Waals surface area contributed by atoms with Crippen molar-refractivity contribution < 1.29 is 44.7 Å². The van der Waals surface area contributed by atoms with E-state index in [2.05, 4.69) is 0 Å². The highest BCUT2D eigenvalue weighted by Gasteiger charge is 2.45. The minimum Gasteiger partial charge on any atom is -0.475 e. The van der Waals surface area contributed by atoms with Crippen molar-refractivity contribution in [3.8, 4) is 0 Å². The number of rotatable bonds is 6. The molecular formula is C15H17NO10. The van der Waals surface area contributed by atoms with Gasteiger partial charge in [0.25, 0.3) is 5.69 Å². The van der Waals surface area contributed by atoms with Gasteiger partial charge in [-0.05, 0) is 6.07 Å². The van der Waals surface area contributed by atoms with Crippen LogP contribution < -0.4 is 0 Å². The van der Waals surface area contributed by atoms with Crippen molar-refractivity contribution in [2.24, 2.45) is 0 Å². The molecule has 0 aliphatic carbocycles. The average molecular weight is 371 g/mol. The number of aliphatic hydroxyl groups is 4. The molecule has 1 fully saturated rings. The summed E-state index contributed by atoms with van der Waals surface area (Å²) in [5, 5.41) is 58.7. The molecule has 11 nitrogen and oxygen atoms in total. The summed E-state index contributed by atoms with van der Waals surface area (Å²) in [5.41, 5.74) is -0.442. The molecule has 0 spiro atoms. The maximum Gasteiger partial charge on any atom is 0.371 e. The summed E-state index contributed by atoms with van der Waals surface area (Å²) in [6, 6.07) is 5.30. The van der Waals surface area contributed by atoms with Crippen LogP contribution >= 0.6 is 0 Å². The lowest BCUT2D eigenvalue weighted by Gasteiger charge is -2.39. The van der Waals surface area contributed by atoms with E-state index in [9.17, 15) is 35.3 Å². The molecule has 0 bridgehead atoms. The van der Waals surface area contributed by atoms with Crippen LogP contribution in [0.25, 0.3) is 6.08 Å². The van der Waals surface area contributed by atoms with Gasteiger partial charge in [-0.25, -0.2) is 4.79 Å². The number of hydrogen-bond donors (Lipinski definition) is 5. The molecule has 11 heteroatoms. The van der Waals surface area contributed by atoms with E-state index in [4.69, 9.17) is 14.6 Å². The van der Waals surface area contributed by atoms with Gasteiger partial charge in [0, 0.05) is 12.1 Å². The molecule has 26 heavy (non-hydrogen) atoms. The van der Waals surface area contributed by atoms with Crippen LogP contribution in [0.15, 0.2) is 30.0 Å². The van der Waals surface area contributed by atoms with Gasteiger partial charge in [-0.1, -0.05) is 12.1 Å². The van der Waals surface area contributed by atoms with Crippen molar-refractivity contribution in [2.45, 2.75) is 30.7 Å². The summed E-state index contributed by atoms with van der Waals surface area (Å²) in [7, 11) is 0. The van der Waals surface area contributed by atoms with E-state index in [-0.39, 0.29) is 11.3 Å². The molecule has 0 aromatic heterocycles. The first-order valence-electron chi connectivity index (χ1n) is 7.41. The van der Waals surface area contributed by atoms with Crippen LogP contribution in [0.2, 0.25) is 0 Å². The zero-order chi connectivity index (χ0) is 19.4. The van der Waals surface area contributed by atoms with E-state index in [0.717, 1.165) is 6.08 Å². The van der Waals surface area contributed by atoms with Crippen LogP contribution in [0, 0.1) is 10.1 Å². The fourth-order valence-corrected chi connectivity index (χ4v) is 2.35. The summed E-state index contributed by atoms with van der Waals surface area (Å²) < 4.78 is 10.1. The number of nitro groups is 1. The highest BCUT2D eigenvalue weighted by molar-refractivity contribution is 5.90. The highest BCUT2D eigenvalue weighted by atomic mass is 16.7. The van der Waals surface area contributed by atoms with E-state index in [1.807, 2.05) is 0 Å². The molecule has 2 rings (SSSR count). The zero-order valence-electron chi connectivity index (χ0n) is 13.2. The number of para-hydroxylation sites is 1. The van der Waals surface area contributed by atoms with Gasteiger partial charge >= 0.3 is 5.97 Å². The molecule has 1 aliphatic heterocycles. The van der Waals surface area contributed by atoms with Crippen molar-refractivity contribution in [1.29, 1.82) is 0 Å². The molecule has 5 atom stereocenters. The molecule has 0 saturated carbocycles. The van der Waals surface area contributed by atoms with E-state index in [1.165, 1.54) is 24.3 Å². The number of ether oxygens (including phenoxy) is 2. The standard InChI is InChI=1S/C15H17NO10/c17-6-10-11(18)12(19)13(20)15(26-10)25-9(14(21)22)5-7-3-1-2-4-8(7)16(23)24/h1-5,10-13,15,17-20H,6H2,(H,21,22)/b9-5-/t10-,11?,12+,13-,15-/m1/s1. The van der Waals surface area contributed by atoms with E-state index < -0.39 is 54.0 Å². The van der Waals surface area contributed by atoms with Crippen molar-refractivity contribution in [1.82, 2.24) is 0 Å². The first kappa shape index (κ1) is 19.8. The third kappa shape index (κ3) is 4.15. The number of aliphatic hydroxyl groups excluding tert-OH is 4. The number of carboxylic acid groups (broad SMARTS) is 1. The number of hydrogen-bond acceptors (Lipinski definition) is 9. The van der Waals surface area contributed by atoms with E-state index >= 15 is 0 Å². The largest absolute Gasteiger partial charge is 0.475 e. The molecule has 1 heterocycles. The fraction of sp³-hybridized carbons (Fsp3) is 0.400. The lowest BCUT2D eigenvalue weighted by Crippen LogP contribution is -2.59. The summed E-state index contributed by atoms with van der Waals surface area (Å²) >= 11 is 0. The summed E-state index contributed by atoms with van der Waals surface area (Å²) in [5.74, 6) is -2.41. The second-order valence-corrected chi connectivity index (χ2v) is 5.44. The van der Waals surface area contributed by atoms with Gasteiger partial charge in [0.05, 0.1) is 17.1 Å². The highest BCUT2D eigenvalue weighted by Crippen LogP contribution is 2.26. The number of nitrogens with zero attached hydrogens (tertiary/aromatic N) is 1. The third-order valence-corrected chi connectivity index (χ3v) is 3.72. The molecule has 142 valence electrons. The van der Waals surface area contributed by atoms with Crippen molar-refractivity contribution in [2.75, 3.05) is 6.61 Å². The zero-order valence-corrected chi connectivity index (χ0v) is 13.2. The Balaban J connectivity index is 2.31. The molecule has 5 N–H and O–H groups in total. The Bertz CT molecular complexity index is 703. The summed E-state index contributed by atoms with van der Waals surface area (Å²) in [6.07, 6.45) is -7.37. The number of carbonyl (C=O) groups is 1. The van der Waals surface area contributed by atoms with Crippen molar-refractivity contribution >= 4 is 17.7 Å². The smallest absolute Gasteiger partial charge is 0.371 e. The van der Waals surface area contributed by atoms with Gasteiger partial charge in [0.2, 0.25) is 12.0 Å². The first-order valence-corrected chi connectivity index (χ1v) is 7.41. The number of benzene rings is 1. The Kier molecular flexibility index (Phi) is 6.23. The lowest BCUT2D eigenvalue weighted by atomic mass is 9.99. The van der Waals surface area contributed by atoms with Gasteiger partial charge in [-0.15, -0.1) is 0 Å². The minimum absolute atomic E-state index is 0.0699. The number of aliphatic carboxylic acids is 1. The van der Waals surface area contributed by atoms with Crippen LogP contribution in [0.3, 0.4) is 0 Å². The summed E-state index contributed by atoms with van der Waals surface area (Å²) in [6.45, 7) is -0.721. The Morgan fingerprint density at radius 2 is 1.88 bits per heavy atom. The molecule has 1 aliphatic rings. The fourth-order valence-electron chi connectivity index (χ4n) is 2.35. The third-order valence-electron chi connectivity index (χ3n) is 3.72. The van der Waals surface area contributed by atoms with Crippen LogP contribution in [0.4, 0.5) is 5.69 Å². The second kappa shape index (κ2) is 8.21. The maximum atomic E-state index is 11.4. The molecule has 1 aromatic carbocycles. The maximum absolute atomic E-state index is 11.4. The van der Waals surface area contributed by atoms with Gasteiger partial charge in [-0.3, -0.25) is 10.1 Å². The SMILES string of the molecule is O=C(O)/C(=C/c1ccccc1[N+](=O)[O-])O[C@@H]1O[C@H](CO)C(O)[C@H](O)[C@H]1O. The summed E-state index contributed by atoms with van der Waals surface area (Å²) in [4.78, 5) is 21.7. The van der Waals surface area contributed by atoms with Crippen LogP contribution in [0.5, 0.6) is 0 Å². The van der Waals surface area contributed by atoms with Gasteiger partial charge in [-0.2, -0.15) is 0 Å². The average Bonchev–Trinajstić information content (AvgIpc) is 2.61. The molecule has 1 saturated heterocycles. The van der Waals surface area contributed by atoms with E-state index in [1.54, 1.807) is 0 Å².